The van der Waals surface area contributed by atoms with E-state index >= 15 is 0 Å². The van der Waals surface area contributed by atoms with Gasteiger partial charge in [-0.15, -0.1) is 0 Å². The largest absolute Gasteiger partial charge is 0.493 e. The van der Waals surface area contributed by atoms with E-state index in [1.807, 2.05) is 58.3 Å². The second-order valence-corrected chi connectivity index (χ2v) is 16.7. The Bertz CT molecular complexity index is 1840. The molecule has 1 unspecified atom stereocenters. The molecule has 0 aliphatic rings. The lowest BCUT2D eigenvalue weighted by Crippen LogP contribution is -2.42. The van der Waals surface area contributed by atoms with Gasteiger partial charge in [0.25, 0.3) is 0 Å². The SMILES string of the molecule is COc1ccc(/C=C\c2cc(OC)c(OC)c(OC)c2)cc1OC(=O)CCCCCCCCC(=O)OCCCCCC[C@@H](OC(=O)C(C)N(C)C)[C@H](C)[C@H](OC(C)=O)[C@H](C)/C=C/N(C)C=O. The first kappa shape index (κ1) is 56.6. The first-order valence-electron chi connectivity index (χ1n) is 23.0. The number of amides is 1. The van der Waals surface area contributed by atoms with Crippen LogP contribution in [0.2, 0.25) is 0 Å². The number of unbranched alkanes of at least 4 members (excludes halogenated alkanes) is 8. The van der Waals surface area contributed by atoms with E-state index in [0.717, 1.165) is 68.9 Å². The van der Waals surface area contributed by atoms with Crippen LogP contribution < -0.4 is 23.7 Å². The van der Waals surface area contributed by atoms with Gasteiger partial charge in [-0.05, 0) is 88.5 Å². The number of carbonyl (C=O) groups excluding carboxylic acids is 5. The zero-order chi connectivity index (χ0) is 49.0. The first-order valence-corrected chi connectivity index (χ1v) is 23.0. The number of rotatable bonds is 33. The molecule has 0 heterocycles. The fourth-order valence-electron chi connectivity index (χ4n) is 7.15. The van der Waals surface area contributed by atoms with Gasteiger partial charge in [0.2, 0.25) is 12.2 Å². The molecule has 0 fully saturated rings. The van der Waals surface area contributed by atoms with E-state index < -0.39 is 24.2 Å². The number of hydrogen-bond donors (Lipinski definition) is 0. The molecule has 0 spiro atoms. The number of likely N-dealkylation sites (N-methyl/N-ethyl adjacent to an activating group) is 1. The Morgan fingerprint density at radius 2 is 1.21 bits per heavy atom. The fraction of sp³-hybridized carbons (Fsp3) is 0.588. The van der Waals surface area contributed by atoms with Crippen molar-refractivity contribution in [2.75, 3.05) is 56.2 Å². The van der Waals surface area contributed by atoms with Gasteiger partial charge in [-0.25, -0.2) is 0 Å². The van der Waals surface area contributed by atoms with E-state index in [1.165, 1.54) is 18.9 Å². The van der Waals surface area contributed by atoms with Crippen molar-refractivity contribution in [1.82, 2.24) is 9.80 Å². The predicted octanol–water partition coefficient (Wildman–Crippen LogP) is 9.08. The van der Waals surface area contributed by atoms with Crippen molar-refractivity contribution in [2.45, 2.75) is 129 Å². The van der Waals surface area contributed by atoms with Crippen molar-refractivity contribution in [1.29, 1.82) is 0 Å². The van der Waals surface area contributed by atoms with Gasteiger partial charge < -0.3 is 42.8 Å². The van der Waals surface area contributed by atoms with Gasteiger partial charge in [-0.2, -0.15) is 0 Å². The van der Waals surface area contributed by atoms with Crippen molar-refractivity contribution < 1.29 is 61.9 Å². The van der Waals surface area contributed by atoms with Crippen LogP contribution in [0.3, 0.4) is 0 Å². The number of nitrogens with zero attached hydrogens (tertiary/aromatic N) is 2. The third-order valence-corrected chi connectivity index (χ3v) is 11.3. The van der Waals surface area contributed by atoms with Crippen LogP contribution in [-0.4, -0.2) is 115 Å². The molecule has 15 heteroatoms. The zero-order valence-electron chi connectivity index (χ0n) is 41.3. The lowest BCUT2D eigenvalue weighted by Gasteiger charge is -2.34. The van der Waals surface area contributed by atoms with Gasteiger partial charge in [0.05, 0.1) is 35.0 Å². The van der Waals surface area contributed by atoms with Gasteiger partial charge in [0.1, 0.15) is 18.2 Å². The molecule has 0 radical (unpaired) electrons. The third-order valence-electron chi connectivity index (χ3n) is 11.3. The molecule has 0 aliphatic carbocycles. The highest BCUT2D eigenvalue weighted by molar-refractivity contribution is 5.77. The molecular weight excluding hydrogens is 849 g/mol. The molecule has 2 rings (SSSR count). The number of ether oxygens (including phenoxy) is 8. The summed E-state index contributed by atoms with van der Waals surface area (Å²) in [6, 6.07) is 8.62. The molecule has 0 saturated carbocycles. The van der Waals surface area contributed by atoms with E-state index in [2.05, 4.69) is 0 Å². The highest BCUT2D eigenvalue weighted by Gasteiger charge is 2.34. The minimum absolute atomic E-state index is 0.205. The van der Waals surface area contributed by atoms with Crippen molar-refractivity contribution in [2.24, 2.45) is 11.8 Å². The van der Waals surface area contributed by atoms with E-state index in [1.54, 1.807) is 64.6 Å². The van der Waals surface area contributed by atoms with Crippen molar-refractivity contribution in [3.8, 4) is 28.7 Å². The lowest BCUT2D eigenvalue weighted by molar-refractivity contribution is -0.165. The number of carbonyl (C=O) groups is 5. The molecular formula is C51H76N2O13. The Labute approximate surface area is 393 Å². The van der Waals surface area contributed by atoms with Gasteiger partial charge in [0, 0.05) is 44.8 Å². The molecule has 0 N–H and O–H groups in total. The summed E-state index contributed by atoms with van der Waals surface area (Å²) in [6.45, 7) is 7.29. The van der Waals surface area contributed by atoms with Gasteiger partial charge in [-0.1, -0.05) is 76.7 Å². The van der Waals surface area contributed by atoms with Crippen LogP contribution >= 0.6 is 0 Å². The summed E-state index contributed by atoms with van der Waals surface area (Å²) in [5, 5.41) is 0. The summed E-state index contributed by atoms with van der Waals surface area (Å²) in [7, 11) is 11.5. The predicted molar refractivity (Wildman–Crippen MR) is 255 cm³/mol. The minimum atomic E-state index is -0.581. The maximum Gasteiger partial charge on any atom is 0.323 e. The van der Waals surface area contributed by atoms with Crippen LogP contribution in [0.1, 0.15) is 122 Å². The van der Waals surface area contributed by atoms with Crippen molar-refractivity contribution in [3.63, 3.8) is 0 Å². The molecule has 1 amide bonds. The van der Waals surface area contributed by atoms with E-state index in [9.17, 15) is 24.0 Å². The average Bonchev–Trinajstić information content (AvgIpc) is 3.30. The van der Waals surface area contributed by atoms with Crippen LogP contribution in [-0.2, 0) is 38.2 Å². The molecule has 0 aromatic heterocycles. The maximum absolute atomic E-state index is 13.0. The highest BCUT2D eigenvalue weighted by Crippen LogP contribution is 2.39. The van der Waals surface area contributed by atoms with Crippen LogP contribution in [0.4, 0.5) is 0 Å². The van der Waals surface area contributed by atoms with Crippen LogP contribution in [0.15, 0.2) is 42.6 Å². The lowest BCUT2D eigenvalue weighted by atomic mass is 9.86. The minimum Gasteiger partial charge on any atom is -0.493 e. The first-order chi connectivity index (χ1) is 31.6. The Hall–Kier alpha value is -5.57. The quantitative estimate of drug-likeness (QED) is 0.0166. The van der Waals surface area contributed by atoms with Gasteiger partial charge >= 0.3 is 23.9 Å². The molecule has 368 valence electrons. The third kappa shape index (κ3) is 20.7. The smallest absolute Gasteiger partial charge is 0.323 e. The summed E-state index contributed by atoms with van der Waals surface area (Å²) in [4.78, 5) is 64.5. The van der Waals surface area contributed by atoms with Gasteiger partial charge in [0.15, 0.2) is 23.0 Å². The Kier molecular flexibility index (Phi) is 26.9. The summed E-state index contributed by atoms with van der Waals surface area (Å²) < 4.78 is 44.7. The number of esters is 4. The monoisotopic (exact) mass is 925 g/mol. The van der Waals surface area contributed by atoms with Crippen molar-refractivity contribution in [3.05, 3.63) is 53.7 Å². The topological polar surface area (TPSA) is 166 Å². The number of methoxy groups -OCH3 is 4. The maximum atomic E-state index is 13.0. The number of hydrogen-bond acceptors (Lipinski definition) is 14. The molecule has 2 aromatic carbocycles. The van der Waals surface area contributed by atoms with E-state index in [4.69, 9.17) is 37.9 Å². The normalized spacial score (nSPS) is 13.6. The summed E-state index contributed by atoms with van der Waals surface area (Å²) in [5.74, 6) is 0.500. The second-order valence-electron chi connectivity index (χ2n) is 16.7. The number of benzene rings is 2. The summed E-state index contributed by atoms with van der Waals surface area (Å²) in [6.07, 6.45) is 16.3. The molecule has 0 aliphatic heterocycles. The Morgan fingerprint density at radius 1 is 0.652 bits per heavy atom. The fourth-order valence-corrected chi connectivity index (χ4v) is 7.15. The van der Waals surface area contributed by atoms with E-state index in [0.29, 0.717) is 61.0 Å². The highest BCUT2D eigenvalue weighted by atomic mass is 16.6. The average molecular weight is 925 g/mol. The molecule has 66 heavy (non-hydrogen) atoms. The van der Waals surface area contributed by atoms with Crippen LogP contribution in [0, 0.1) is 11.8 Å². The van der Waals surface area contributed by atoms with Crippen molar-refractivity contribution >= 4 is 42.4 Å². The van der Waals surface area contributed by atoms with Gasteiger partial charge in [-0.3, -0.25) is 28.9 Å². The molecule has 0 saturated heterocycles. The Balaban J connectivity index is 1.71. The Morgan fingerprint density at radius 3 is 1.79 bits per heavy atom. The molecule has 2 aromatic rings. The summed E-state index contributed by atoms with van der Waals surface area (Å²) >= 11 is 0. The molecule has 0 bridgehead atoms. The molecule has 5 atom stereocenters. The van der Waals surface area contributed by atoms with Crippen LogP contribution in [0.25, 0.3) is 12.2 Å². The zero-order valence-corrected chi connectivity index (χ0v) is 41.3. The van der Waals surface area contributed by atoms with E-state index in [-0.39, 0.29) is 36.2 Å². The summed E-state index contributed by atoms with van der Waals surface area (Å²) in [5.41, 5.74) is 1.64. The molecule has 15 nitrogen and oxygen atoms in total. The standard InChI is InChI=1S/C51H76N2O13/c1-36(29-30-53(7)35-54)49(64-39(4)55)37(2)42(66-51(58)38(3)52(5)6)22-18-16-17-21-31-63-47(56)23-19-14-12-13-15-20-24-48(57)65-44-32-40(27-28-43(44)59-8)25-26-41-33-45(60-9)50(62-11)46(34-41)61-10/h25-30,32-38,42,49H,12-24,31H2,1-11H3/b26-25-,30-29+/t36-,37+,38?,42-,49-/m1/s1. The second kappa shape index (κ2) is 31.4. The van der Waals surface area contributed by atoms with Crippen LogP contribution in [0.5, 0.6) is 28.7 Å².